The minimum atomic E-state index is -0.390. The summed E-state index contributed by atoms with van der Waals surface area (Å²) in [6, 6.07) is 8.87. The van der Waals surface area contributed by atoms with Crippen LogP contribution in [-0.2, 0) is 22.7 Å². The smallest absolute Gasteiger partial charge is 0.338 e. The molecule has 5 heteroatoms. The molecular weight excluding hydrogens is 246 g/mol. The molecule has 0 radical (unpaired) electrons. The van der Waals surface area contributed by atoms with Crippen LogP contribution in [0.15, 0.2) is 34.9 Å². The molecular formula is C14H15NO4. The van der Waals surface area contributed by atoms with Gasteiger partial charge in [-0.05, 0) is 24.6 Å². The van der Waals surface area contributed by atoms with Gasteiger partial charge in [0.2, 0.25) is 0 Å². The van der Waals surface area contributed by atoms with Crippen LogP contribution in [0.2, 0.25) is 0 Å². The van der Waals surface area contributed by atoms with Crippen LogP contribution in [0.1, 0.15) is 27.4 Å². The third kappa shape index (κ3) is 3.66. The number of nitrogens with zero attached hydrogens (tertiary/aromatic N) is 1. The third-order valence-electron chi connectivity index (χ3n) is 2.50. The molecule has 0 aliphatic rings. The summed E-state index contributed by atoms with van der Waals surface area (Å²) >= 11 is 0. The molecule has 0 aliphatic heterocycles. The maximum atomic E-state index is 11.9. The fourth-order valence-corrected chi connectivity index (χ4v) is 1.66. The van der Waals surface area contributed by atoms with Crippen molar-refractivity contribution in [3.05, 3.63) is 52.9 Å². The van der Waals surface area contributed by atoms with Crippen LogP contribution in [0.3, 0.4) is 0 Å². The first kappa shape index (κ1) is 13.3. The molecule has 19 heavy (non-hydrogen) atoms. The summed E-state index contributed by atoms with van der Waals surface area (Å²) in [6.45, 7) is 2.35. The number of benzene rings is 1. The van der Waals surface area contributed by atoms with Gasteiger partial charge in [-0.15, -0.1) is 0 Å². The summed E-state index contributed by atoms with van der Waals surface area (Å²) in [5, 5.41) is 3.76. The predicted octanol–water partition coefficient (Wildman–Crippen LogP) is 2.49. The van der Waals surface area contributed by atoms with Gasteiger partial charge < -0.3 is 14.0 Å². The van der Waals surface area contributed by atoms with Gasteiger partial charge in [0.05, 0.1) is 12.2 Å². The molecule has 0 atom stereocenters. The quantitative estimate of drug-likeness (QED) is 0.774. The number of aromatic nitrogens is 1. The van der Waals surface area contributed by atoms with Crippen LogP contribution in [0, 0.1) is 6.92 Å². The van der Waals surface area contributed by atoms with Crippen molar-refractivity contribution < 1.29 is 18.8 Å². The van der Waals surface area contributed by atoms with E-state index in [0.717, 1.165) is 5.56 Å². The number of hydrogen-bond acceptors (Lipinski definition) is 5. The van der Waals surface area contributed by atoms with Crippen molar-refractivity contribution >= 4 is 5.97 Å². The zero-order valence-corrected chi connectivity index (χ0v) is 10.9. The molecule has 0 saturated heterocycles. The molecule has 0 unspecified atom stereocenters. The minimum Gasteiger partial charge on any atom is -0.455 e. The lowest BCUT2D eigenvalue weighted by molar-refractivity contribution is 0.0464. The van der Waals surface area contributed by atoms with Gasteiger partial charge in [0.25, 0.3) is 0 Å². The van der Waals surface area contributed by atoms with Crippen LogP contribution in [0.4, 0.5) is 0 Å². The number of aryl methyl sites for hydroxylation is 1. The first-order valence-electron chi connectivity index (χ1n) is 5.86. The average Bonchev–Trinajstić information content (AvgIpc) is 2.82. The summed E-state index contributed by atoms with van der Waals surface area (Å²) in [4.78, 5) is 11.9. The molecule has 0 spiro atoms. The molecule has 1 aromatic carbocycles. The van der Waals surface area contributed by atoms with Crippen molar-refractivity contribution in [1.29, 1.82) is 0 Å². The van der Waals surface area contributed by atoms with Gasteiger partial charge in [0, 0.05) is 13.2 Å². The Morgan fingerprint density at radius 2 is 2.16 bits per heavy atom. The minimum absolute atomic E-state index is 0.102. The number of esters is 1. The lowest BCUT2D eigenvalue weighted by Crippen LogP contribution is -2.06. The van der Waals surface area contributed by atoms with E-state index in [9.17, 15) is 4.79 Å². The highest BCUT2D eigenvalue weighted by atomic mass is 16.5. The molecule has 0 N–H and O–H groups in total. The Kier molecular flexibility index (Phi) is 4.30. The summed E-state index contributed by atoms with van der Waals surface area (Å²) in [7, 11) is 1.61. The van der Waals surface area contributed by atoms with Gasteiger partial charge in [-0.1, -0.05) is 17.3 Å². The van der Waals surface area contributed by atoms with Crippen LogP contribution in [-0.4, -0.2) is 18.2 Å². The summed E-state index contributed by atoms with van der Waals surface area (Å²) in [6.07, 6.45) is 0. The fourth-order valence-electron chi connectivity index (χ4n) is 1.66. The summed E-state index contributed by atoms with van der Waals surface area (Å²) in [5.41, 5.74) is 2.02. The Bertz CT molecular complexity index is 562. The lowest BCUT2D eigenvalue weighted by atomic mass is 10.1. The normalized spacial score (nSPS) is 10.4. The Labute approximate surface area is 111 Å². The summed E-state index contributed by atoms with van der Waals surface area (Å²) < 4.78 is 15.1. The van der Waals surface area contributed by atoms with E-state index >= 15 is 0 Å². The van der Waals surface area contributed by atoms with Gasteiger partial charge in [0.1, 0.15) is 18.1 Å². The number of hydrogen-bond donors (Lipinski definition) is 0. The van der Waals surface area contributed by atoms with Gasteiger partial charge in [-0.2, -0.15) is 0 Å². The van der Waals surface area contributed by atoms with E-state index in [2.05, 4.69) is 5.16 Å². The molecule has 5 nitrogen and oxygen atoms in total. The maximum absolute atomic E-state index is 11.9. The van der Waals surface area contributed by atoms with E-state index in [1.807, 2.05) is 6.07 Å². The van der Waals surface area contributed by atoms with E-state index in [-0.39, 0.29) is 6.61 Å². The van der Waals surface area contributed by atoms with E-state index in [4.69, 9.17) is 14.0 Å². The van der Waals surface area contributed by atoms with Gasteiger partial charge in [0.15, 0.2) is 0 Å². The lowest BCUT2D eigenvalue weighted by Gasteiger charge is -2.04. The second kappa shape index (κ2) is 6.15. The van der Waals surface area contributed by atoms with Crippen molar-refractivity contribution in [2.45, 2.75) is 20.1 Å². The molecule has 0 amide bonds. The highest BCUT2D eigenvalue weighted by molar-refractivity contribution is 5.89. The Morgan fingerprint density at radius 1 is 1.32 bits per heavy atom. The largest absolute Gasteiger partial charge is 0.455 e. The van der Waals surface area contributed by atoms with Crippen molar-refractivity contribution in [2.75, 3.05) is 7.11 Å². The van der Waals surface area contributed by atoms with E-state index in [1.54, 1.807) is 38.3 Å². The molecule has 0 saturated carbocycles. The highest BCUT2D eigenvalue weighted by Crippen LogP contribution is 2.10. The van der Waals surface area contributed by atoms with Gasteiger partial charge in [-0.3, -0.25) is 0 Å². The second-order valence-electron chi connectivity index (χ2n) is 4.14. The molecule has 2 rings (SSSR count). The molecule has 0 bridgehead atoms. The predicted molar refractivity (Wildman–Crippen MR) is 67.5 cm³/mol. The van der Waals surface area contributed by atoms with Gasteiger partial charge >= 0.3 is 5.97 Å². The monoisotopic (exact) mass is 261 g/mol. The third-order valence-corrected chi connectivity index (χ3v) is 2.50. The maximum Gasteiger partial charge on any atom is 0.338 e. The molecule has 1 aromatic heterocycles. The molecule has 0 fully saturated rings. The van der Waals surface area contributed by atoms with E-state index in [1.165, 1.54) is 0 Å². The van der Waals surface area contributed by atoms with Crippen molar-refractivity contribution in [3.8, 4) is 0 Å². The van der Waals surface area contributed by atoms with Crippen molar-refractivity contribution in [3.63, 3.8) is 0 Å². The van der Waals surface area contributed by atoms with Crippen LogP contribution in [0.25, 0.3) is 0 Å². The Hall–Kier alpha value is -2.14. The number of rotatable bonds is 5. The average molecular weight is 261 g/mol. The topological polar surface area (TPSA) is 61.6 Å². The number of carbonyl (C=O) groups is 1. The highest BCUT2D eigenvalue weighted by Gasteiger charge is 2.09. The fraction of sp³-hybridized carbons (Fsp3) is 0.286. The first-order chi connectivity index (χ1) is 9.19. The second-order valence-corrected chi connectivity index (χ2v) is 4.14. The molecule has 2 aromatic rings. The van der Waals surface area contributed by atoms with Crippen LogP contribution in [0.5, 0.6) is 0 Å². The van der Waals surface area contributed by atoms with E-state index < -0.39 is 5.97 Å². The zero-order chi connectivity index (χ0) is 13.7. The first-order valence-corrected chi connectivity index (χ1v) is 5.86. The van der Waals surface area contributed by atoms with Crippen LogP contribution >= 0.6 is 0 Å². The molecule has 0 aliphatic carbocycles. The van der Waals surface area contributed by atoms with Crippen LogP contribution < -0.4 is 0 Å². The number of methoxy groups -OCH3 is 1. The molecule has 100 valence electrons. The number of carbonyl (C=O) groups excluding carboxylic acids is 1. The standard InChI is InChI=1S/C14H15NO4/c1-10-6-13(15-19-10)9-18-14(16)12-5-3-4-11(7-12)8-17-2/h3-7H,8-9H2,1-2H3. The summed E-state index contributed by atoms with van der Waals surface area (Å²) in [5.74, 6) is 0.298. The van der Waals surface area contributed by atoms with Gasteiger partial charge in [-0.25, -0.2) is 4.79 Å². The zero-order valence-electron chi connectivity index (χ0n) is 10.9. The molecule has 1 heterocycles. The SMILES string of the molecule is COCc1cccc(C(=O)OCc2cc(C)on2)c1. The Morgan fingerprint density at radius 3 is 2.84 bits per heavy atom. The number of ether oxygens (including phenoxy) is 2. The van der Waals surface area contributed by atoms with Crippen molar-refractivity contribution in [2.24, 2.45) is 0 Å². The Balaban J connectivity index is 1.97. The van der Waals surface area contributed by atoms with Crippen molar-refractivity contribution in [1.82, 2.24) is 5.16 Å². The van der Waals surface area contributed by atoms with E-state index in [0.29, 0.717) is 23.6 Å².